The number of carbonyl (C=O) groups is 3. The molecule has 6 saturated carbocycles. The number of aliphatic hydroxyl groups is 5. The van der Waals surface area contributed by atoms with Crippen LogP contribution in [0, 0.1) is 40.4 Å². The highest BCUT2D eigenvalue weighted by Gasteiger charge is 2.78. The number of aromatic hydroxyl groups is 1. The first-order valence-corrected chi connectivity index (χ1v) is 32.9. The van der Waals surface area contributed by atoms with Crippen molar-refractivity contribution >= 4 is 45.6 Å². The molecule has 8 bridgehead atoms. The van der Waals surface area contributed by atoms with Gasteiger partial charge in [0.2, 0.25) is 5.78 Å². The van der Waals surface area contributed by atoms with Crippen LogP contribution in [-0.4, -0.2) is 116 Å². The van der Waals surface area contributed by atoms with E-state index in [0.717, 1.165) is 142 Å². The maximum absolute atomic E-state index is 15.6. The number of fused-ring (bicyclic) bond motifs is 11. The third-order valence-corrected chi connectivity index (χ3v) is 26.8. The number of phenols is 1. The fourth-order valence-electron chi connectivity index (χ4n) is 23.4. The van der Waals surface area contributed by atoms with Crippen LogP contribution < -0.4 is 10.1 Å². The lowest BCUT2D eigenvalue weighted by Gasteiger charge is -2.64. The van der Waals surface area contributed by atoms with Gasteiger partial charge in [-0.1, -0.05) is 49.8 Å². The quantitative estimate of drug-likeness (QED) is 0.0686. The smallest absolute Gasteiger partial charge is 0.261 e. The Morgan fingerprint density at radius 3 is 2.37 bits per heavy atom. The Bertz CT molecular complexity index is 4090. The van der Waals surface area contributed by atoms with Gasteiger partial charge in [-0.25, -0.2) is 9.97 Å². The molecule has 15 aliphatic rings. The summed E-state index contributed by atoms with van der Waals surface area (Å²) in [5.74, 6) is -3.84. The van der Waals surface area contributed by atoms with E-state index in [1.807, 2.05) is 6.33 Å². The molecule has 20 rings (SSSR count). The van der Waals surface area contributed by atoms with E-state index in [-0.39, 0.29) is 74.3 Å². The third kappa shape index (κ3) is 6.16. The molecule has 7 heterocycles. The molecule has 87 heavy (non-hydrogen) atoms. The minimum atomic E-state index is -2.50. The number of pyridine rings is 1. The highest BCUT2D eigenvalue weighted by molar-refractivity contribution is 6.34. The maximum Gasteiger partial charge on any atom is 0.261 e. The summed E-state index contributed by atoms with van der Waals surface area (Å²) in [6, 6.07) is 6.30. The zero-order valence-corrected chi connectivity index (χ0v) is 49.2. The number of Topliss-reactive ketones (excluding diaryl/α,β-unsaturated/α-hetero) is 1. The summed E-state index contributed by atoms with van der Waals surface area (Å²) >= 11 is 0. The molecule has 3 aromatic heterocycles. The summed E-state index contributed by atoms with van der Waals surface area (Å²) < 4.78 is 15.2. The van der Waals surface area contributed by atoms with E-state index in [2.05, 4.69) is 27.4 Å². The molecule has 16 nitrogen and oxygen atoms in total. The van der Waals surface area contributed by atoms with Crippen molar-refractivity contribution in [1.29, 1.82) is 0 Å². The second-order valence-corrected chi connectivity index (χ2v) is 30.5. The number of nitrogens with zero attached hydrogens (tertiary/aromatic N) is 2. The molecule has 2 aromatic carbocycles. The van der Waals surface area contributed by atoms with Crippen LogP contribution in [0.1, 0.15) is 218 Å². The number of aliphatic hydroxyl groups excluding tert-OH is 5. The molecule has 11 aliphatic carbocycles. The molecule has 4 aliphatic heterocycles. The lowest BCUT2D eigenvalue weighted by atomic mass is 9.46. The summed E-state index contributed by atoms with van der Waals surface area (Å²) in [6.07, 6.45) is 19.8. The Kier molecular flexibility index (Phi) is 10.3. The number of aryl methyl sites for hydroxylation is 1. The molecule has 7 fully saturated rings. The van der Waals surface area contributed by atoms with Crippen molar-refractivity contribution in [2.24, 2.45) is 33.5 Å². The summed E-state index contributed by atoms with van der Waals surface area (Å²) in [5, 5.41) is 85.1. The van der Waals surface area contributed by atoms with Gasteiger partial charge in [-0.2, -0.15) is 0 Å². The van der Waals surface area contributed by atoms with Crippen molar-refractivity contribution in [3.05, 3.63) is 122 Å². The minimum Gasteiger partial charge on any atom is -0.507 e. The van der Waals surface area contributed by atoms with Crippen molar-refractivity contribution < 1.29 is 54.5 Å². The molecule has 9 N–H and O–H groups in total. The molecule has 8 spiro atoms. The highest BCUT2D eigenvalue weighted by Crippen LogP contribution is 2.78. The van der Waals surface area contributed by atoms with Gasteiger partial charge in [-0.15, -0.1) is 0 Å². The summed E-state index contributed by atoms with van der Waals surface area (Å²) in [6.45, 7) is 1.74. The number of aromatic amines is 2. The fourth-order valence-corrected chi connectivity index (χ4v) is 23.4. The monoisotopic (exact) mass is 1170 g/mol. The van der Waals surface area contributed by atoms with Gasteiger partial charge in [-0.3, -0.25) is 14.4 Å². The van der Waals surface area contributed by atoms with E-state index < -0.39 is 69.7 Å². The first-order valence-electron chi connectivity index (χ1n) is 32.9. The molecule has 450 valence electrons. The van der Waals surface area contributed by atoms with Gasteiger partial charge in [0.05, 0.1) is 52.2 Å². The largest absolute Gasteiger partial charge is 0.507 e. The number of aromatic nitrogens is 4. The van der Waals surface area contributed by atoms with Crippen LogP contribution in [-0.2, 0) is 20.4 Å². The van der Waals surface area contributed by atoms with Gasteiger partial charge >= 0.3 is 0 Å². The first kappa shape index (κ1) is 52.6. The number of ketones is 3. The molecular formula is C71H75N5O11. The molecule has 0 radical (unpaired) electrons. The second-order valence-electron chi connectivity index (χ2n) is 30.5. The predicted molar refractivity (Wildman–Crippen MR) is 319 cm³/mol. The van der Waals surface area contributed by atoms with Crippen LogP contribution in [0.25, 0.3) is 22.4 Å². The third-order valence-electron chi connectivity index (χ3n) is 26.8. The van der Waals surface area contributed by atoms with Crippen molar-refractivity contribution in [2.75, 3.05) is 11.9 Å². The van der Waals surface area contributed by atoms with Crippen LogP contribution >= 0.6 is 0 Å². The number of rotatable bonds is 0. The van der Waals surface area contributed by atoms with Crippen molar-refractivity contribution in [1.82, 2.24) is 19.9 Å². The standard InChI is InChI=1S/C71H75N5O11/c1-34-23-41-49(45(78)24-34)55(81)51-46-25-40-38(50(51)54(41)80)13-22-72-62(40)73-30-47(79)68-32-65(16-4-5-17-65)28-43(68)48-39-10-9-35-7-6-8-36-26-66(18-11-37(77)12-19-66)58-59(75-33-74-58)70(35,36)57(39)76-53(48)42-27-69(86-46)60(83)56(82)61(84)71(87-69)52(42)44(68)29-67(63(71)85)21-20-64(31-67)14-2-3-15-64/h9-10,13,22-25,27,33,35-36,43,47,56,60-61,63,76,78-79,82-85H,2-8,11-12,14-21,26,28-32H2,1H3,(H,72,73)(H,74,75). The van der Waals surface area contributed by atoms with Gasteiger partial charge in [0.1, 0.15) is 35.3 Å². The topological polar surface area (TPSA) is 260 Å². The lowest BCUT2D eigenvalue weighted by Crippen LogP contribution is -2.79. The van der Waals surface area contributed by atoms with E-state index in [0.29, 0.717) is 77.6 Å². The Morgan fingerprint density at radius 2 is 1.56 bits per heavy atom. The van der Waals surface area contributed by atoms with Gasteiger partial charge in [0.25, 0.3) is 5.79 Å². The molecule has 16 heteroatoms. The van der Waals surface area contributed by atoms with Gasteiger partial charge in [0.15, 0.2) is 17.5 Å². The molecule has 1 saturated heterocycles. The second kappa shape index (κ2) is 17.0. The average Bonchev–Trinajstić information content (AvgIpc) is 1.60. The van der Waals surface area contributed by atoms with Crippen LogP contribution in [0.15, 0.2) is 60.1 Å². The van der Waals surface area contributed by atoms with E-state index in [4.69, 9.17) is 19.4 Å². The number of H-pyrrole nitrogens is 2. The summed E-state index contributed by atoms with van der Waals surface area (Å²) in [7, 11) is 0. The molecule has 13 atom stereocenters. The number of phenolic OH excluding ortho intramolecular Hbond substituents is 1. The molecule has 0 amide bonds. The number of nitrogens with one attached hydrogen (secondary N) is 3. The first-order chi connectivity index (χ1) is 42.0. The van der Waals surface area contributed by atoms with Crippen LogP contribution in [0.3, 0.4) is 0 Å². The number of ether oxygens (including phenoxy) is 2. The Morgan fingerprint density at radius 1 is 0.770 bits per heavy atom. The number of carbonyl (C=O) groups excluding carboxylic acids is 3. The van der Waals surface area contributed by atoms with Gasteiger partial charge < -0.3 is 55.4 Å². The summed E-state index contributed by atoms with van der Waals surface area (Å²) in [4.78, 5) is 62.3. The van der Waals surface area contributed by atoms with E-state index >= 15 is 9.59 Å². The average molecular weight is 1170 g/mol. The normalized spacial score (nSPS) is 38.8. The Hall–Kier alpha value is -6.27. The van der Waals surface area contributed by atoms with E-state index in [1.165, 1.54) is 6.07 Å². The van der Waals surface area contributed by atoms with Crippen molar-refractivity contribution in [3.63, 3.8) is 0 Å². The SMILES string of the molecule is Cc1cc(O)c2c(c1)C(=O)c1c(c3cc4c(nccc14)NCC(O)C14CC5(CCCC5)CC1c1c([nH]c5c1C=CC1CCCC6CC7(CCC(=O)CC7)c7nc[nH]c7C516)C1=CC5(O3)OC3(C1=C4CC1(CCC4(CCCC4)C1)C3O)C(O)C(O)C5O)C2=O. The summed E-state index contributed by atoms with van der Waals surface area (Å²) in [5.41, 5.74) is 2.72. The number of hydrogen-bond donors (Lipinski definition) is 9. The predicted octanol–water partition coefficient (Wildman–Crippen LogP) is 9.63. The molecule has 13 unspecified atom stereocenters. The van der Waals surface area contributed by atoms with Gasteiger partial charge in [-0.05, 0) is 184 Å². The van der Waals surface area contributed by atoms with Crippen LogP contribution in [0.5, 0.6) is 11.5 Å². The number of benzene rings is 2. The Labute approximate surface area is 503 Å². The minimum absolute atomic E-state index is 0.000284. The van der Waals surface area contributed by atoms with Crippen LogP contribution in [0.4, 0.5) is 5.82 Å². The van der Waals surface area contributed by atoms with E-state index in [9.17, 15) is 35.4 Å². The number of allylic oxidation sites excluding steroid dienone is 1. The number of anilines is 1. The fraction of sp³-hybridized carbons (Fsp3) is 0.563. The molecular weight excluding hydrogens is 1100 g/mol. The van der Waals surface area contributed by atoms with Crippen molar-refractivity contribution in [2.45, 2.75) is 207 Å². The Balaban J connectivity index is 0.943. The number of imidazole rings is 1. The zero-order valence-electron chi connectivity index (χ0n) is 49.2. The molecule has 5 aromatic rings. The van der Waals surface area contributed by atoms with Crippen LogP contribution in [0.2, 0.25) is 0 Å². The maximum atomic E-state index is 15.6. The highest BCUT2D eigenvalue weighted by atomic mass is 16.7. The van der Waals surface area contributed by atoms with Crippen molar-refractivity contribution in [3.8, 4) is 11.5 Å². The number of hydrogen-bond acceptors (Lipinski definition) is 14. The lowest BCUT2D eigenvalue weighted by molar-refractivity contribution is -0.366. The van der Waals surface area contributed by atoms with Gasteiger partial charge in [0, 0.05) is 75.2 Å². The zero-order chi connectivity index (χ0) is 58.9. The van der Waals surface area contributed by atoms with E-state index in [1.54, 1.807) is 37.4 Å².